The summed E-state index contributed by atoms with van der Waals surface area (Å²) in [5.74, 6) is 1.05. The van der Waals surface area contributed by atoms with Gasteiger partial charge in [-0.1, -0.05) is 103 Å². The van der Waals surface area contributed by atoms with Crippen LogP contribution in [0.15, 0.2) is 61.2 Å². The van der Waals surface area contributed by atoms with Gasteiger partial charge in [-0.3, -0.25) is 0 Å². The van der Waals surface area contributed by atoms with Gasteiger partial charge < -0.3 is 0 Å². The van der Waals surface area contributed by atoms with Gasteiger partial charge in [0, 0.05) is 5.92 Å². The summed E-state index contributed by atoms with van der Waals surface area (Å²) in [6.07, 6.45) is 12.2. The van der Waals surface area contributed by atoms with Crippen LogP contribution in [-0.4, -0.2) is 0 Å². The fourth-order valence-corrected chi connectivity index (χ4v) is 5.57. The first-order valence-electron chi connectivity index (χ1n) is 12.3. The lowest BCUT2D eigenvalue weighted by Gasteiger charge is -2.29. The van der Waals surface area contributed by atoms with Crippen molar-refractivity contribution in [2.75, 3.05) is 0 Å². The van der Waals surface area contributed by atoms with Gasteiger partial charge in [0.05, 0.1) is 0 Å². The van der Waals surface area contributed by atoms with E-state index in [0.29, 0.717) is 11.8 Å². The first kappa shape index (κ1) is 22.8. The minimum absolute atomic E-state index is 0.108. The Labute approximate surface area is 196 Å². The zero-order chi connectivity index (χ0) is 23.3. The molecule has 0 saturated heterocycles. The summed E-state index contributed by atoms with van der Waals surface area (Å²) in [7, 11) is 0. The molecule has 4 rings (SSSR count). The van der Waals surface area contributed by atoms with Gasteiger partial charge in [0.1, 0.15) is 0 Å². The molecule has 2 aliphatic rings. The van der Waals surface area contributed by atoms with E-state index in [2.05, 4.69) is 110 Å². The first-order chi connectivity index (χ1) is 15.0. The van der Waals surface area contributed by atoms with E-state index in [1.165, 1.54) is 45.4 Å². The third-order valence-corrected chi connectivity index (χ3v) is 7.28. The molecule has 0 saturated carbocycles. The maximum Gasteiger partial charge on any atom is 0.0110 e. The zero-order valence-corrected chi connectivity index (χ0v) is 21.2. The predicted octanol–water partition coefficient (Wildman–Crippen LogP) is 9.34. The van der Waals surface area contributed by atoms with Crippen LogP contribution < -0.4 is 0 Å². The molecular formula is C32H40. The highest BCUT2D eigenvalue weighted by Crippen LogP contribution is 2.53. The van der Waals surface area contributed by atoms with Crippen LogP contribution in [0.3, 0.4) is 0 Å². The monoisotopic (exact) mass is 424 g/mol. The van der Waals surface area contributed by atoms with Gasteiger partial charge in [0.15, 0.2) is 0 Å². The summed E-state index contributed by atoms with van der Waals surface area (Å²) in [5.41, 5.74) is 12.2. The van der Waals surface area contributed by atoms with Gasteiger partial charge in [-0.2, -0.15) is 0 Å². The molecule has 0 heteroatoms. The van der Waals surface area contributed by atoms with E-state index in [1.54, 1.807) is 5.56 Å². The summed E-state index contributed by atoms with van der Waals surface area (Å²) in [6.45, 7) is 20.4. The Hall–Kier alpha value is -2.34. The molecule has 0 fully saturated rings. The number of benzene rings is 2. The fourth-order valence-electron chi connectivity index (χ4n) is 5.57. The summed E-state index contributed by atoms with van der Waals surface area (Å²) in [6, 6.07) is 12.1. The summed E-state index contributed by atoms with van der Waals surface area (Å²) >= 11 is 0. The van der Waals surface area contributed by atoms with Crippen LogP contribution in [0.2, 0.25) is 0 Å². The maximum atomic E-state index is 4.02. The highest BCUT2D eigenvalue weighted by Gasteiger charge is 2.36. The smallest absolute Gasteiger partial charge is 0.0110 e. The fraction of sp³-hybridized carbons (Fsp3) is 0.438. The van der Waals surface area contributed by atoms with Gasteiger partial charge >= 0.3 is 0 Å². The number of hydrogen-bond acceptors (Lipinski definition) is 0. The van der Waals surface area contributed by atoms with Crippen molar-refractivity contribution in [3.63, 3.8) is 0 Å². The molecule has 2 unspecified atom stereocenters. The molecule has 0 amide bonds. The van der Waals surface area contributed by atoms with Crippen LogP contribution in [0.5, 0.6) is 0 Å². The standard InChI is InChI=1S/C32H40/c1-9-12-21(2)19-27-26-20-23(31(3,4)5)15-16-24(26)25-17-18-28(32(6,7)8)29(30(25)27)22-13-10-11-14-22/h9-11,13,15-18,20-21,27H,1,12,14,19H2,2-8H3. The van der Waals surface area contributed by atoms with Gasteiger partial charge in [-0.15, -0.1) is 6.58 Å². The van der Waals surface area contributed by atoms with Crippen LogP contribution in [0.4, 0.5) is 0 Å². The van der Waals surface area contributed by atoms with Crippen molar-refractivity contribution in [1.29, 1.82) is 0 Å². The molecule has 2 atom stereocenters. The van der Waals surface area contributed by atoms with Crippen molar-refractivity contribution < 1.29 is 0 Å². The Bertz CT molecular complexity index is 1090. The van der Waals surface area contributed by atoms with Crippen LogP contribution in [-0.2, 0) is 10.8 Å². The third-order valence-electron chi connectivity index (χ3n) is 7.28. The largest absolute Gasteiger partial charge is 0.103 e. The highest BCUT2D eigenvalue weighted by molar-refractivity contribution is 5.88. The maximum absolute atomic E-state index is 4.02. The zero-order valence-electron chi connectivity index (χ0n) is 21.2. The molecule has 0 N–H and O–H groups in total. The molecule has 168 valence electrons. The Kier molecular flexibility index (Phi) is 5.86. The number of rotatable bonds is 5. The molecule has 0 aliphatic heterocycles. The summed E-state index contributed by atoms with van der Waals surface area (Å²) < 4.78 is 0. The Morgan fingerprint density at radius 2 is 1.72 bits per heavy atom. The Morgan fingerprint density at radius 1 is 1.00 bits per heavy atom. The van der Waals surface area contributed by atoms with Crippen molar-refractivity contribution >= 4 is 5.57 Å². The first-order valence-corrected chi connectivity index (χ1v) is 12.3. The predicted molar refractivity (Wildman–Crippen MR) is 141 cm³/mol. The SMILES string of the molecule is C=CCC(C)CC1c2cc(C(C)(C)C)ccc2-c2ccc(C(C)(C)C)c(C3=CC=CC3)c21. The van der Waals surface area contributed by atoms with E-state index in [9.17, 15) is 0 Å². The van der Waals surface area contributed by atoms with Crippen molar-refractivity contribution in [2.45, 2.75) is 84.5 Å². The lowest BCUT2D eigenvalue weighted by atomic mass is 9.75. The second-order valence-corrected chi connectivity index (χ2v) is 12.0. The molecule has 2 aromatic rings. The molecule has 0 aromatic heterocycles. The molecule has 0 nitrogen and oxygen atoms in total. The second kappa shape index (κ2) is 8.22. The van der Waals surface area contributed by atoms with Gasteiger partial charge in [0.25, 0.3) is 0 Å². The normalized spacial score (nSPS) is 18.3. The number of hydrogen-bond donors (Lipinski definition) is 0. The third kappa shape index (κ3) is 4.05. The van der Waals surface area contributed by atoms with Crippen LogP contribution in [0.25, 0.3) is 16.7 Å². The molecule has 2 aliphatic carbocycles. The average Bonchev–Trinajstić information content (AvgIpc) is 3.33. The van der Waals surface area contributed by atoms with Crippen LogP contribution in [0, 0.1) is 5.92 Å². The van der Waals surface area contributed by atoms with Crippen LogP contribution >= 0.6 is 0 Å². The molecular weight excluding hydrogens is 384 g/mol. The van der Waals surface area contributed by atoms with Crippen molar-refractivity contribution in [3.8, 4) is 11.1 Å². The highest BCUT2D eigenvalue weighted by atomic mass is 14.4. The quantitative estimate of drug-likeness (QED) is 0.419. The van der Waals surface area contributed by atoms with E-state index in [4.69, 9.17) is 0 Å². The molecule has 0 heterocycles. The Morgan fingerprint density at radius 3 is 2.31 bits per heavy atom. The van der Waals surface area contributed by atoms with Gasteiger partial charge in [-0.05, 0) is 80.5 Å². The van der Waals surface area contributed by atoms with Crippen LogP contribution in [0.1, 0.15) is 101 Å². The summed E-state index contributed by atoms with van der Waals surface area (Å²) in [4.78, 5) is 0. The molecule has 0 radical (unpaired) electrons. The summed E-state index contributed by atoms with van der Waals surface area (Å²) in [5, 5.41) is 0. The van der Waals surface area contributed by atoms with E-state index in [-0.39, 0.29) is 10.8 Å². The van der Waals surface area contributed by atoms with E-state index < -0.39 is 0 Å². The van der Waals surface area contributed by atoms with Crippen molar-refractivity contribution in [3.05, 3.63) is 89.0 Å². The van der Waals surface area contributed by atoms with Gasteiger partial charge in [-0.25, -0.2) is 0 Å². The van der Waals surface area contributed by atoms with E-state index in [1.807, 2.05) is 0 Å². The van der Waals surface area contributed by atoms with Crippen molar-refractivity contribution in [2.24, 2.45) is 5.92 Å². The lowest BCUT2D eigenvalue weighted by molar-refractivity contribution is 0.506. The topological polar surface area (TPSA) is 0 Å². The van der Waals surface area contributed by atoms with E-state index in [0.717, 1.165) is 12.8 Å². The van der Waals surface area contributed by atoms with E-state index >= 15 is 0 Å². The van der Waals surface area contributed by atoms with Gasteiger partial charge in [0.2, 0.25) is 0 Å². The molecule has 0 bridgehead atoms. The molecule has 0 spiro atoms. The lowest BCUT2D eigenvalue weighted by Crippen LogP contribution is -2.17. The number of fused-ring (bicyclic) bond motifs is 3. The van der Waals surface area contributed by atoms with Crippen molar-refractivity contribution in [1.82, 2.24) is 0 Å². The average molecular weight is 425 g/mol. The number of allylic oxidation sites excluding steroid dienone is 5. The second-order valence-electron chi connectivity index (χ2n) is 12.0. The minimum atomic E-state index is 0.108. The minimum Gasteiger partial charge on any atom is -0.103 e. The Balaban J connectivity index is 1.98. The molecule has 2 aromatic carbocycles. The molecule has 32 heavy (non-hydrogen) atoms.